The molecule has 0 heterocycles. The highest BCUT2D eigenvalue weighted by atomic mass is 16.4. The van der Waals surface area contributed by atoms with Crippen LogP contribution in [0.3, 0.4) is 0 Å². The zero-order valence-corrected chi connectivity index (χ0v) is 14.7. The normalized spacial score (nSPS) is 13.2. The van der Waals surface area contributed by atoms with Gasteiger partial charge < -0.3 is 21.4 Å². The molecule has 0 unspecified atom stereocenters. The number of aliphatic imine (C=N–C) groups is 1. The van der Waals surface area contributed by atoms with E-state index in [2.05, 4.69) is 15.2 Å². The Bertz CT molecular complexity index is 538. The summed E-state index contributed by atoms with van der Waals surface area (Å²) in [6, 6.07) is 0. The van der Waals surface area contributed by atoms with E-state index in [9.17, 15) is 9.59 Å². The Morgan fingerprint density at radius 3 is 1.96 bits per heavy atom. The number of carboxylic acids is 2. The summed E-state index contributed by atoms with van der Waals surface area (Å²) >= 11 is 0. The Hall–Kier alpha value is -2.32. The van der Waals surface area contributed by atoms with Gasteiger partial charge in [-0.3, -0.25) is 14.6 Å². The molecule has 0 radical (unpaired) electrons. The highest BCUT2D eigenvalue weighted by Crippen LogP contribution is 2.19. The van der Waals surface area contributed by atoms with Gasteiger partial charge in [0.25, 0.3) is 0 Å². The average molecular weight is 341 g/mol. The van der Waals surface area contributed by atoms with Crippen LogP contribution in [0.1, 0.15) is 53.4 Å². The van der Waals surface area contributed by atoms with Crippen molar-refractivity contribution >= 4 is 23.5 Å². The van der Waals surface area contributed by atoms with Crippen molar-refractivity contribution in [2.75, 3.05) is 6.54 Å². The van der Waals surface area contributed by atoms with Crippen molar-refractivity contribution in [3.8, 4) is 0 Å². The Morgan fingerprint density at radius 2 is 1.46 bits per heavy atom. The molecule has 5 N–H and O–H groups in total. The number of aliphatic carboxylic acids is 2. The van der Waals surface area contributed by atoms with E-state index in [1.807, 2.05) is 0 Å². The minimum atomic E-state index is -0.957. The maximum Gasteiger partial charge on any atom is 0.305 e. The Labute approximate surface area is 141 Å². The van der Waals surface area contributed by atoms with E-state index >= 15 is 0 Å². The fourth-order valence-corrected chi connectivity index (χ4v) is 1.55. The van der Waals surface area contributed by atoms with Crippen molar-refractivity contribution in [2.24, 2.45) is 21.0 Å². The first kappa shape index (κ1) is 21.7. The van der Waals surface area contributed by atoms with Gasteiger partial charge in [0.1, 0.15) is 16.9 Å². The van der Waals surface area contributed by atoms with Gasteiger partial charge in [-0.15, -0.1) is 0 Å². The lowest BCUT2D eigenvalue weighted by Crippen LogP contribution is -2.38. The standard InChI is InChI=1S/C15H27N5O4/c1-14(2,10(16)6-5-7-11(21)22)19-20-15(3,4)13(17)18-9-8-12(23)24/h16H,5-9H2,1-4H3,(H2,17,18)(H,21,22)(H,23,24). The molecule has 0 aromatic heterocycles. The largest absolute Gasteiger partial charge is 0.481 e. The van der Waals surface area contributed by atoms with Crippen LogP contribution in [0.4, 0.5) is 0 Å². The van der Waals surface area contributed by atoms with Crippen LogP contribution in [0.25, 0.3) is 0 Å². The quantitative estimate of drug-likeness (QED) is 0.256. The number of nitrogens with two attached hydrogens (primary N) is 1. The molecule has 0 aliphatic carbocycles. The van der Waals surface area contributed by atoms with E-state index in [1.54, 1.807) is 27.7 Å². The lowest BCUT2D eigenvalue weighted by Gasteiger charge is -2.23. The van der Waals surface area contributed by atoms with Gasteiger partial charge in [0.05, 0.1) is 13.0 Å². The van der Waals surface area contributed by atoms with Crippen molar-refractivity contribution in [1.29, 1.82) is 5.41 Å². The van der Waals surface area contributed by atoms with Crippen molar-refractivity contribution in [1.82, 2.24) is 0 Å². The van der Waals surface area contributed by atoms with Gasteiger partial charge in [-0.1, -0.05) is 0 Å². The molecule has 0 aromatic carbocycles. The predicted molar refractivity (Wildman–Crippen MR) is 91.0 cm³/mol. The van der Waals surface area contributed by atoms with Crippen LogP contribution in [0.15, 0.2) is 15.2 Å². The summed E-state index contributed by atoms with van der Waals surface area (Å²) in [5.41, 5.74) is 4.33. The molecule has 0 spiro atoms. The van der Waals surface area contributed by atoms with Crippen LogP contribution in [-0.4, -0.2) is 51.3 Å². The predicted octanol–water partition coefficient (Wildman–Crippen LogP) is 2.10. The minimum Gasteiger partial charge on any atom is -0.481 e. The van der Waals surface area contributed by atoms with Crippen LogP contribution in [-0.2, 0) is 9.59 Å². The lowest BCUT2D eigenvalue weighted by atomic mass is 9.95. The molecule has 24 heavy (non-hydrogen) atoms. The van der Waals surface area contributed by atoms with Crippen LogP contribution in [0, 0.1) is 5.41 Å². The third kappa shape index (κ3) is 8.35. The summed E-state index contributed by atoms with van der Waals surface area (Å²) in [5.74, 6) is -1.68. The maximum atomic E-state index is 10.5. The first-order valence-electron chi connectivity index (χ1n) is 7.64. The fourth-order valence-electron chi connectivity index (χ4n) is 1.55. The van der Waals surface area contributed by atoms with E-state index in [4.69, 9.17) is 21.4 Å². The molecule has 9 heteroatoms. The van der Waals surface area contributed by atoms with Gasteiger partial charge in [0, 0.05) is 12.1 Å². The summed E-state index contributed by atoms with van der Waals surface area (Å²) in [6.07, 6.45) is 0.578. The smallest absolute Gasteiger partial charge is 0.305 e. The molecule has 0 saturated carbocycles. The number of amidine groups is 1. The highest BCUT2D eigenvalue weighted by Gasteiger charge is 2.27. The van der Waals surface area contributed by atoms with E-state index in [1.165, 1.54) is 0 Å². The van der Waals surface area contributed by atoms with Crippen molar-refractivity contribution in [2.45, 2.75) is 64.5 Å². The van der Waals surface area contributed by atoms with Crippen molar-refractivity contribution < 1.29 is 19.8 Å². The Kier molecular flexibility index (Phi) is 8.21. The van der Waals surface area contributed by atoms with Crippen molar-refractivity contribution in [3.05, 3.63) is 0 Å². The first-order chi connectivity index (χ1) is 10.9. The molecule has 0 atom stereocenters. The highest BCUT2D eigenvalue weighted by molar-refractivity contribution is 5.91. The van der Waals surface area contributed by atoms with Gasteiger partial charge in [0.2, 0.25) is 0 Å². The Morgan fingerprint density at radius 1 is 0.958 bits per heavy atom. The summed E-state index contributed by atoms with van der Waals surface area (Å²) < 4.78 is 0. The Balaban J connectivity index is 4.82. The van der Waals surface area contributed by atoms with Gasteiger partial charge in [0.15, 0.2) is 0 Å². The zero-order chi connectivity index (χ0) is 19.0. The van der Waals surface area contributed by atoms with Crippen LogP contribution in [0.5, 0.6) is 0 Å². The number of nitrogens with one attached hydrogen (secondary N) is 1. The molecule has 0 aliphatic rings. The SMILES string of the molecule is CC(C)(N=NC(C)(C)C(N)=NCCC(=O)O)C(=N)CCCC(=O)O. The van der Waals surface area contributed by atoms with E-state index in [0.29, 0.717) is 12.8 Å². The molecule has 0 saturated heterocycles. The second-order valence-corrected chi connectivity index (χ2v) is 6.45. The number of carboxylic acid groups (broad SMARTS) is 2. The number of hydrogen-bond acceptors (Lipinski definition) is 6. The first-order valence-corrected chi connectivity index (χ1v) is 7.64. The van der Waals surface area contributed by atoms with Gasteiger partial charge >= 0.3 is 11.9 Å². The molecule has 136 valence electrons. The zero-order valence-electron chi connectivity index (χ0n) is 14.7. The second-order valence-electron chi connectivity index (χ2n) is 6.45. The third-order valence-corrected chi connectivity index (χ3v) is 3.34. The molecule has 0 aromatic rings. The summed E-state index contributed by atoms with van der Waals surface area (Å²) in [4.78, 5) is 25.0. The minimum absolute atomic E-state index is 0.00425. The number of nitrogens with zero attached hydrogens (tertiary/aromatic N) is 3. The van der Waals surface area contributed by atoms with E-state index < -0.39 is 23.0 Å². The number of carbonyl (C=O) groups is 2. The summed E-state index contributed by atoms with van der Waals surface area (Å²) in [5, 5.41) is 33.6. The number of hydrogen-bond donors (Lipinski definition) is 4. The summed E-state index contributed by atoms with van der Waals surface area (Å²) in [6.45, 7) is 6.88. The maximum absolute atomic E-state index is 10.5. The number of rotatable bonds is 11. The van der Waals surface area contributed by atoms with Crippen LogP contribution in [0.2, 0.25) is 0 Å². The topological polar surface area (TPSA) is 162 Å². The molecule has 0 fully saturated rings. The average Bonchev–Trinajstić information content (AvgIpc) is 2.44. The van der Waals surface area contributed by atoms with Gasteiger partial charge in [-0.05, 0) is 40.5 Å². The van der Waals surface area contributed by atoms with Gasteiger partial charge in [-0.2, -0.15) is 10.2 Å². The van der Waals surface area contributed by atoms with Gasteiger partial charge in [-0.25, -0.2) is 0 Å². The second kappa shape index (κ2) is 9.09. The molecule has 9 nitrogen and oxygen atoms in total. The molecular weight excluding hydrogens is 314 g/mol. The van der Waals surface area contributed by atoms with Crippen LogP contribution >= 0.6 is 0 Å². The molecular formula is C15H27N5O4. The molecule has 0 aliphatic heterocycles. The van der Waals surface area contributed by atoms with Crippen LogP contribution < -0.4 is 5.73 Å². The molecule has 0 rings (SSSR count). The lowest BCUT2D eigenvalue weighted by molar-refractivity contribution is -0.137. The van der Waals surface area contributed by atoms with E-state index in [-0.39, 0.29) is 30.9 Å². The fraction of sp³-hybridized carbons (Fsp3) is 0.733. The molecule has 0 bridgehead atoms. The molecule has 0 amide bonds. The number of azo groups is 1. The monoisotopic (exact) mass is 341 g/mol. The van der Waals surface area contributed by atoms with E-state index in [0.717, 1.165) is 0 Å². The summed E-state index contributed by atoms with van der Waals surface area (Å²) in [7, 11) is 0. The third-order valence-electron chi connectivity index (χ3n) is 3.34. The van der Waals surface area contributed by atoms with Crippen molar-refractivity contribution in [3.63, 3.8) is 0 Å².